The third-order valence-electron chi connectivity index (χ3n) is 1.42. The number of rotatable bonds is 5. The molecule has 0 fully saturated rings. The van der Waals surface area contributed by atoms with E-state index < -0.39 is 31.0 Å². The summed E-state index contributed by atoms with van der Waals surface area (Å²) in [6, 6.07) is 0. The molecule has 0 heterocycles. The Morgan fingerprint density at radius 1 is 1.08 bits per heavy atom. The number of thiocarbonyl (C=S) groups is 1. The molecular formula is C6H12CdO5S. The molecule has 0 aromatic carbocycles. The van der Waals surface area contributed by atoms with Crippen molar-refractivity contribution in [1.29, 1.82) is 0 Å². The van der Waals surface area contributed by atoms with Crippen molar-refractivity contribution in [1.82, 2.24) is 0 Å². The van der Waals surface area contributed by atoms with Crippen LogP contribution < -0.4 is 0 Å². The largest absolute Gasteiger partial charge is 0.394 e. The SMILES string of the molecule is OC[C@@H](O)[C@@H](O)[C@H](O)[C@@H](O)C=S.[Cd]. The third-order valence-corrected chi connectivity index (χ3v) is 1.70. The molecule has 0 aromatic heterocycles. The van der Waals surface area contributed by atoms with Gasteiger partial charge in [0.25, 0.3) is 0 Å². The van der Waals surface area contributed by atoms with E-state index in [9.17, 15) is 0 Å². The topological polar surface area (TPSA) is 101 Å². The Morgan fingerprint density at radius 3 is 1.85 bits per heavy atom. The maximum Gasteiger partial charge on any atom is 0.113 e. The third kappa shape index (κ3) is 5.30. The number of aliphatic hydroxyl groups is 5. The van der Waals surface area contributed by atoms with Gasteiger partial charge in [-0.2, -0.15) is 0 Å². The van der Waals surface area contributed by atoms with Gasteiger partial charge in [0, 0.05) is 32.7 Å². The average Bonchev–Trinajstić information content (AvgIpc) is 2.12. The second kappa shape index (κ2) is 8.15. The van der Waals surface area contributed by atoms with Crippen LogP contribution in [-0.4, -0.2) is 61.9 Å². The minimum absolute atomic E-state index is 0. The molecule has 0 aliphatic heterocycles. The first-order valence-corrected chi connectivity index (χ1v) is 3.80. The molecule has 0 saturated heterocycles. The second-order valence-corrected chi connectivity index (χ2v) is 2.63. The van der Waals surface area contributed by atoms with Gasteiger partial charge in [-0.05, 0) is 0 Å². The van der Waals surface area contributed by atoms with E-state index in [4.69, 9.17) is 25.5 Å². The zero-order chi connectivity index (χ0) is 9.72. The normalized spacial score (nSPS) is 19.5. The van der Waals surface area contributed by atoms with Gasteiger partial charge in [0.2, 0.25) is 0 Å². The van der Waals surface area contributed by atoms with Gasteiger partial charge in [0.1, 0.15) is 24.4 Å². The molecule has 5 N–H and O–H groups in total. The number of hydrogen-bond acceptors (Lipinski definition) is 6. The molecule has 5 nitrogen and oxygen atoms in total. The molecule has 0 bridgehead atoms. The molecule has 0 radical (unpaired) electrons. The van der Waals surface area contributed by atoms with E-state index in [1.165, 1.54) is 0 Å². The Labute approximate surface area is 101 Å². The van der Waals surface area contributed by atoms with Gasteiger partial charge in [-0.15, -0.1) is 0 Å². The molecule has 0 aromatic rings. The van der Waals surface area contributed by atoms with Crippen LogP contribution in [0.1, 0.15) is 0 Å². The monoisotopic (exact) mass is 310 g/mol. The van der Waals surface area contributed by atoms with Crippen LogP contribution in [0.3, 0.4) is 0 Å². The predicted molar refractivity (Wildman–Crippen MR) is 44.8 cm³/mol. The molecule has 0 spiro atoms. The van der Waals surface area contributed by atoms with E-state index in [0.717, 1.165) is 5.37 Å². The van der Waals surface area contributed by atoms with E-state index in [1.807, 2.05) is 0 Å². The summed E-state index contributed by atoms with van der Waals surface area (Å²) in [5.74, 6) is 0. The van der Waals surface area contributed by atoms with Gasteiger partial charge < -0.3 is 25.5 Å². The number of aliphatic hydroxyl groups excluding tert-OH is 5. The first kappa shape index (κ1) is 16.2. The average molecular weight is 309 g/mol. The zero-order valence-corrected chi connectivity index (χ0v) is 11.8. The van der Waals surface area contributed by atoms with Gasteiger partial charge in [0.05, 0.1) is 6.61 Å². The van der Waals surface area contributed by atoms with E-state index in [1.54, 1.807) is 0 Å². The zero-order valence-electron chi connectivity index (χ0n) is 6.95. The van der Waals surface area contributed by atoms with Crippen LogP contribution in [0.4, 0.5) is 0 Å². The summed E-state index contributed by atoms with van der Waals surface area (Å²) in [6.07, 6.45) is -6.06. The van der Waals surface area contributed by atoms with Crippen molar-refractivity contribution >= 4 is 17.6 Å². The van der Waals surface area contributed by atoms with Crippen molar-refractivity contribution in [3.63, 3.8) is 0 Å². The summed E-state index contributed by atoms with van der Waals surface area (Å²) < 4.78 is 0. The van der Waals surface area contributed by atoms with Crippen LogP contribution in [-0.2, 0) is 27.3 Å². The Hall–Kier alpha value is 0.812. The van der Waals surface area contributed by atoms with Crippen LogP contribution in [0.5, 0.6) is 0 Å². The molecular weight excluding hydrogens is 297 g/mol. The first-order valence-electron chi connectivity index (χ1n) is 3.33. The van der Waals surface area contributed by atoms with Crippen LogP contribution in [0, 0.1) is 0 Å². The van der Waals surface area contributed by atoms with E-state index in [0.29, 0.717) is 0 Å². The van der Waals surface area contributed by atoms with Crippen LogP contribution in [0.25, 0.3) is 0 Å². The molecule has 0 saturated carbocycles. The van der Waals surface area contributed by atoms with Gasteiger partial charge in [-0.3, -0.25) is 0 Å². The van der Waals surface area contributed by atoms with Gasteiger partial charge in [-0.1, -0.05) is 12.2 Å². The van der Waals surface area contributed by atoms with Crippen molar-refractivity contribution in [2.45, 2.75) is 24.4 Å². The maximum atomic E-state index is 9.02. The maximum absolute atomic E-state index is 9.02. The molecule has 4 atom stereocenters. The first-order chi connectivity index (χ1) is 5.54. The Morgan fingerprint density at radius 2 is 1.54 bits per heavy atom. The van der Waals surface area contributed by atoms with Crippen LogP contribution in [0.2, 0.25) is 0 Å². The van der Waals surface area contributed by atoms with Crippen molar-refractivity contribution in [3.8, 4) is 0 Å². The van der Waals surface area contributed by atoms with Crippen LogP contribution >= 0.6 is 12.2 Å². The summed E-state index contributed by atoms with van der Waals surface area (Å²) >= 11 is 4.30. The molecule has 0 unspecified atom stereocenters. The molecule has 7 heteroatoms. The molecule has 0 rings (SSSR count). The summed E-state index contributed by atoms with van der Waals surface area (Å²) in [4.78, 5) is 0. The molecule has 0 amide bonds. The summed E-state index contributed by atoms with van der Waals surface area (Å²) in [5.41, 5.74) is 0. The van der Waals surface area contributed by atoms with Crippen molar-refractivity contribution in [2.75, 3.05) is 6.61 Å². The van der Waals surface area contributed by atoms with Gasteiger partial charge in [0.15, 0.2) is 0 Å². The summed E-state index contributed by atoms with van der Waals surface area (Å²) in [7, 11) is 0. The fourth-order valence-electron chi connectivity index (χ4n) is 0.618. The van der Waals surface area contributed by atoms with Crippen molar-refractivity contribution < 1.29 is 52.8 Å². The fraction of sp³-hybridized carbons (Fsp3) is 0.833. The van der Waals surface area contributed by atoms with E-state index in [2.05, 4.69) is 12.2 Å². The second-order valence-electron chi connectivity index (χ2n) is 2.36. The Bertz CT molecular complexity index is 147. The molecule has 13 heavy (non-hydrogen) atoms. The van der Waals surface area contributed by atoms with Crippen molar-refractivity contribution in [3.05, 3.63) is 0 Å². The summed E-state index contributed by atoms with van der Waals surface area (Å²) in [6.45, 7) is -0.692. The van der Waals surface area contributed by atoms with E-state index in [-0.39, 0.29) is 27.3 Å². The minimum Gasteiger partial charge on any atom is -0.394 e. The standard InChI is InChI=1S/C6H12O5S.Cd/c7-1-3(8)5(10)6(11)4(9)2-12;/h2-11H,1H2;/t3-,4+,5-,6-;/m1./s1. The van der Waals surface area contributed by atoms with Gasteiger partial charge in [-0.25, -0.2) is 0 Å². The quantitative estimate of drug-likeness (QED) is 0.282. The predicted octanol–water partition coefficient (Wildman–Crippen LogP) is -2.58. The Balaban J connectivity index is 0. The summed E-state index contributed by atoms with van der Waals surface area (Å²) in [5, 5.41) is 44.9. The molecule has 0 aliphatic rings. The van der Waals surface area contributed by atoms with E-state index >= 15 is 0 Å². The van der Waals surface area contributed by atoms with Crippen LogP contribution in [0.15, 0.2) is 0 Å². The fourth-order valence-corrected chi connectivity index (χ4v) is 0.779. The number of hydrogen-bond donors (Lipinski definition) is 5. The molecule has 0 aliphatic carbocycles. The smallest absolute Gasteiger partial charge is 0.113 e. The molecule has 74 valence electrons. The minimum atomic E-state index is -1.61. The Kier molecular flexibility index (Phi) is 10.2. The van der Waals surface area contributed by atoms with Crippen molar-refractivity contribution in [2.24, 2.45) is 0 Å². The van der Waals surface area contributed by atoms with Gasteiger partial charge >= 0.3 is 0 Å².